The summed E-state index contributed by atoms with van der Waals surface area (Å²) in [6.07, 6.45) is 0.575. The van der Waals surface area contributed by atoms with Crippen LogP contribution in [0.2, 0.25) is 5.02 Å². The van der Waals surface area contributed by atoms with Crippen LogP contribution in [0.5, 0.6) is 0 Å². The summed E-state index contributed by atoms with van der Waals surface area (Å²) in [5, 5.41) is 9.62. The first-order valence-corrected chi connectivity index (χ1v) is 4.48. The molecule has 1 heterocycles. The van der Waals surface area contributed by atoms with Crippen LogP contribution in [0.25, 0.3) is 0 Å². The molecule has 0 unspecified atom stereocenters. The molecular formula is C9H12ClNO2. The van der Waals surface area contributed by atoms with Gasteiger partial charge in [0.05, 0.1) is 11.4 Å². The van der Waals surface area contributed by atoms with Crippen molar-refractivity contribution in [3.63, 3.8) is 0 Å². The molecule has 0 amide bonds. The molecule has 0 saturated carbocycles. The largest absolute Gasteiger partial charge is 0.428 e. The lowest BCUT2D eigenvalue weighted by atomic mass is 10.1. The van der Waals surface area contributed by atoms with E-state index in [4.69, 9.17) is 11.6 Å². The summed E-state index contributed by atoms with van der Waals surface area (Å²) in [5.74, 6) is 0. The van der Waals surface area contributed by atoms with Gasteiger partial charge in [0.15, 0.2) is 0 Å². The Morgan fingerprint density at radius 3 is 2.38 bits per heavy atom. The van der Waals surface area contributed by atoms with Crippen LogP contribution in [-0.2, 0) is 6.42 Å². The van der Waals surface area contributed by atoms with Crippen LogP contribution in [0.1, 0.15) is 23.9 Å². The molecule has 0 bridgehead atoms. The van der Waals surface area contributed by atoms with Crippen LogP contribution < -0.4 is 5.43 Å². The van der Waals surface area contributed by atoms with Crippen molar-refractivity contribution in [2.75, 3.05) is 0 Å². The van der Waals surface area contributed by atoms with E-state index in [0.717, 1.165) is 4.73 Å². The van der Waals surface area contributed by atoms with Crippen LogP contribution in [-0.4, -0.2) is 9.94 Å². The minimum absolute atomic E-state index is 0.102. The molecule has 0 radical (unpaired) electrons. The van der Waals surface area contributed by atoms with Crippen molar-refractivity contribution in [2.45, 2.75) is 27.2 Å². The van der Waals surface area contributed by atoms with Gasteiger partial charge in [-0.15, -0.1) is 0 Å². The Morgan fingerprint density at radius 2 is 1.92 bits per heavy atom. The van der Waals surface area contributed by atoms with E-state index in [2.05, 4.69) is 0 Å². The molecule has 1 rings (SSSR count). The second-order valence-corrected chi connectivity index (χ2v) is 3.34. The lowest BCUT2D eigenvalue weighted by Crippen LogP contribution is -2.19. The minimum Gasteiger partial charge on any atom is -0.428 e. The molecule has 0 spiro atoms. The number of hydrogen-bond donors (Lipinski definition) is 1. The topological polar surface area (TPSA) is 42.2 Å². The molecule has 0 aliphatic carbocycles. The molecule has 0 aromatic carbocycles. The van der Waals surface area contributed by atoms with E-state index in [1.165, 1.54) is 0 Å². The number of hydrogen-bond acceptors (Lipinski definition) is 2. The van der Waals surface area contributed by atoms with E-state index in [-0.39, 0.29) is 10.5 Å². The molecular weight excluding hydrogens is 190 g/mol. The lowest BCUT2D eigenvalue weighted by Gasteiger charge is -2.11. The van der Waals surface area contributed by atoms with Gasteiger partial charge >= 0.3 is 0 Å². The summed E-state index contributed by atoms with van der Waals surface area (Å²) in [6.45, 7) is 5.16. The highest BCUT2D eigenvalue weighted by Gasteiger charge is 2.13. The van der Waals surface area contributed by atoms with Crippen molar-refractivity contribution in [1.82, 2.24) is 4.73 Å². The predicted molar refractivity (Wildman–Crippen MR) is 51.7 cm³/mol. The fraction of sp³-hybridized carbons (Fsp3) is 0.444. The standard InChI is InChI=1S/C9H12ClNO2/c1-4-7-5(2)11(13)6(3)8(10)9(7)12/h13H,4H2,1-3H3. The van der Waals surface area contributed by atoms with Crippen LogP contribution in [0, 0.1) is 13.8 Å². The highest BCUT2D eigenvalue weighted by molar-refractivity contribution is 6.31. The smallest absolute Gasteiger partial charge is 0.204 e. The average molecular weight is 202 g/mol. The molecule has 72 valence electrons. The van der Waals surface area contributed by atoms with Gasteiger partial charge in [0, 0.05) is 5.56 Å². The normalized spacial score (nSPS) is 10.5. The molecule has 3 nitrogen and oxygen atoms in total. The third kappa shape index (κ3) is 1.44. The zero-order chi connectivity index (χ0) is 10.2. The SMILES string of the molecule is CCc1c(C)n(O)c(C)c(Cl)c1=O. The fourth-order valence-corrected chi connectivity index (χ4v) is 1.54. The summed E-state index contributed by atoms with van der Waals surface area (Å²) in [4.78, 5) is 11.5. The Labute approximate surface area is 81.5 Å². The van der Waals surface area contributed by atoms with Crippen molar-refractivity contribution >= 4 is 11.6 Å². The lowest BCUT2D eigenvalue weighted by molar-refractivity contribution is 0.170. The van der Waals surface area contributed by atoms with Gasteiger partial charge in [0.1, 0.15) is 5.02 Å². The second kappa shape index (κ2) is 3.42. The summed E-state index contributed by atoms with van der Waals surface area (Å²) < 4.78 is 0.961. The molecule has 0 fully saturated rings. The van der Waals surface area contributed by atoms with Gasteiger partial charge in [-0.3, -0.25) is 4.79 Å². The number of pyridine rings is 1. The Hall–Kier alpha value is -0.960. The van der Waals surface area contributed by atoms with Crippen LogP contribution in [0.3, 0.4) is 0 Å². The molecule has 0 saturated heterocycles. The third-order valence-electron chi connectivity index (χ3n) is 2.22. The molecule has 4 heteroatoms. The third-order valence-corrected chi connectivity index (χ3v) is 2.66. The molecule has 1 aromatic rings. The van der Waals surface area contributed by atoms with Crippen molar-refractivity contribution in [3.8, 4) is 0 Å². The van der Waals surface area contributed by atoms with Crippen LogP contribution in [0.15, 0.2) is 4.79 Å². The Kier molecular flexibility index (Phi) is 2.66. The number of halogens is 1. The summed E-state index contributed by atoms with van der Waals surface area (Å²) in [6, 6.07) is 0. The fourth-order valence-electron chi connectivity index (χ4n) is 1.35. The first kappa shape index (κ1) is 10.1. The van der Waals surface area contributed by atoms with Gasteiger partial charge in [-0.25, -0.2) is 0 Å². The second-order valence-electron chi connectivity index (χ2n) is 2.96. The molecule has 1 aromatic heterocycles. The maximum atomic E-state index is 11.5. The van der Waals surface area contributed by atoms with Gasteiger partial charge in [-0.05, 0) is 20.3 Å². The van der Waals surface area contributed by atoms with Crippen LogP contribution in [0.4, 0.5) is 0 Å². The molecule has 1 N–H and O–H groups in total. The van der Waals surface area contributed by atoms with Crippen molar-refractivity contribution in [2.24, 2.45) is 0 Å². The van der Waals surface area contributed by atoms with Crippen molar-refractivity contribution < 1.29 is 5.21 Å². The van der Waals surface area contributed by atoms with E-state index in [1.807, 2.05) is 6.92 Å². The van der Waals surface area contributed by atoms with Gasteiger partial charge in [-0.2, -0.15) is 4.73 Å². The predicted octanol–water partition coefficient (Wildman–Crippen LogP) is 1.92. The Balaban J connectivity index is 3.67. The Morgan fingerprint density at radius 1 is 1.38 bits per heavy atom. The highest BCUT2D eigenvalue weighted by atomic mass is 35.5. The maximum absolute atomic E-state index is 11.5. The molecule has 0 atom stereocenters. The van der Waals surface area contributed by atoms with Gasteiger partial charge in [0.2, 0.25) is 5.43 Å². The molecule has 0 aliphatic heterocycles. The van der Waals surface area contributed by atoms with Crippen molar-refractivity contribution in [3.05, 3.63) is 32.2 Å². The highest BCUT2D eigenvalue weighted by Crippen LogP contribution is 2.14. The number of rotatable bonds is 1. The summed E-state index contributed by atoms with van der Waals surface area (Å²) in [7, 11) is 0. The number of nitrogens with zero attached hydrogens (tertiary/aromatic N) is 1. The minimum atomic E-state index is -0.176. The quantitative estimate of drug-likeness (QED) is 0.706. The van der Waals surface area contributed by atoms with E-state index in [1.54, 1.807) is 13.8 Å². The summed E-state index contributed by atoms with van der Waals surface area (Å²) in [5.41, 5.74) is 1.35. The van der Waals surface area contributed by atoms with Crippen LogP contribution >= 0.6 is 11.6 Å². The van der Waals surface area contributed by atoms with Crippen molar-refractivity contribution in [1.29, 1.82) is 0 Å². The molecule has 0 aliphatic rings. The first-order valence-electron chi connectivity index (χ1n) is 4.10. The number of aromatic nitrogens is 1. The maximum Gasteiger partial charge on any atom is 0.204 e. The molecule has 13 heavy (non-hydrogen) atoms. The van der Waals surface area contributed by atoms with E-state index in [0.29, 0.717) is 23.4 Å². The van der Waals surface area contributed by atoms with E-state index in [9.17, 15) is 10.0 Å². The van der Waals surface area contributed by atoms with E-state index >= 15 is 0 Å². The zero-order valence-electron chi connectivity index (χ0n) is 7.89. The van der Waals surface area contributed by atoms with Gasteiger partial charge in [-0.1, -0.05) is 18.5 Å². The zero-order valence-corrected chi connectivity index (χ0v) is 8.64. The Bertz CT molecular complexity index is 396. The van der Waals surface area contributed by atoms with E-state index < -0.39 is 0 Å². The first-order chi connectivity index (χ1) is 6.00. The monoisotopic (exact) mass is 201 g/mol. The summed E-state index contributed by atoms with van der Waals surface area (Å²) >= 11 is 5.75. The average Bonchev–Trinajstić information content (AvgIpc) is 2.13. The van der Waals surface area contributed by atoms with Gasteiger partial charge < -0.3 is 5.21 Å². The van der Waals surface area contributed by atoms with Gasteiger partial charge in [0.25, 0.3) is 0 Å².